The van der Waals surface area contributed by atoms with Gasteiger partial charge < -0.3 is 4.74 Å². The molecule has 0 aliphatic carbocycles. The molecule has 0 atom stereocenters. The Bertz CT molecular complexity index is 2480. The van der Waals surface area contributed by atoms with E-state index < -0.39 is 0 Å². The summed E-state index contributed by atoms with van der Waals surface area (Å²) in [7, 11) is 0. The Morgan fingerprint density at radius 2 is 1.23 bits per heavy atom. The Morgan fingerprint density at radius 1 is 0.500 bits per heavy atom. The van der Waals surface area contributed by atoms with Gasteiger partial charge in [0.15, 0.2) is 0 Å². The molecule has 0 spiro atoms. The highest BCUT2D eigenvalue weighted by Crippen LogP contribution is 2.35. The Hall–Kier alpha value is -6.28. The Balaban J connectivity index is 1.13. The lowest BCUT2D eigenvalue weighted by Crippen LogP contribution is -2.00. The van der Waals surface area contributed by atoms with Crippen LogP contribution in [-0.4, -0.2) is 33.9 Å². The van der Waals surface area contributed by atoms with Gasteiger partial charge in [0, 0.05) is 46.9 Å². The zero-order valence-electron chi connectivity index (χ0n) is 23.3. The van der Waals surface area contributed by atoms with Crippen LogP contribution in [0.25, 0.3) is 61.2 Å². The lowest BCUT2D eigenvalue weighted by molar-refractivity contribution is 0.483. The SMILES string of the molecule is c1ccc(-n2c3ccccc3c3ccc(Oc4cccc(-n5cc6c(n5)c5ccccc5n6-c5ncccn5)c4)cc32)nc1. The monoisotopic (exact) mass is 569 g/mol. The fourth-order valence-corrected chi connectivity index (χ4v) is 6.05. The molecule has 0 saturated carbocycles. The highest BCUT2D eigenvalue weighted by Gasteiger charge is 2.18. The van der Waals surface area contributed by atoms with Crippen molar-refractivity contribution in [2.24, 2.45) is 0 Å². The number of fused-ring (bicyclic) bond motifs is 6. The predicted molar refractivity (Wildman–Crippen MR) is 172 cm³/mol. The van der Waals surface area contributed by atoms with Crippen LogP contribution in [0.4, 0.5) is 0 Å². The molecule has 5 aromatic heterocycles. The maximum Gasteiger partial charge on any atom is 0.234 e. The van der Waals surface area contributed by atoms with Gasteiger partial charge in [-0.2, -0.15) is 5.10 Å². The molecule has 9 rings (SSSR count). The molecule has 0 bridgehead atoms. The van der Waals surface area contributed by atoms with Gasteiger partial charge in [-0.05, 0) is 54.6 Å². The van der Waals surface area contributed by atoms with Gasteiger partial charge in [0.1, 0.15) is 22.8 Å². The number of pyridine rings is 1. The first kappa shape index (κ1) is 24.3. The van der Waals surface area contributed by atoms with Crippen LogP contribution in [0, 0.1) is 0 Å². The van der Waals surface area contributed by atoms with Crippen LogP contribution in [0.5, 0.6) is 11.5 Å². The molecule has 0 radical (unpaired) electrons. The second-order valence-corrected chi connectivity index (χ2v) is 10.5. The van der Waals surface area contributed by atoms with E-state index in [4.69, 9.17) is 9.84 Å². The zero-order valence-corrected chi connectivity index (χ0v) is 23.3. The second kappa shape index (κ2) is 9.64. The van der Waals surface area contributed by atoms with E-state index in [1.54, 1.807) is 12.4 Å². The van der Waals surface area contributed by atoms with E-state index in [1.165, 1.54) is 5.39 Å². The molecule has 0 aliphatic rings. The van der Waals surface area contributed by atoms with Crippen molar-refractivity contribution in [2.75, 3.05) is 0 Å². The summed E-state index contributed by atoms with van der Waals surface area (Å²) in [4.78, 5) is 13.7. The van der Waals surface area contributed by atoms with Crippen LogP contribution >= 0.6 is 0 Å². The average molecular weight is 570 g/mol. The molecule has 0 unspecified atom stereocenters. The zero-order chi connectivity index (χ0) is 29.0. The molecular formula is C36H23N7O. The maximum absolute atomic E-state index is 6.45. The summed E-state index contributed by atoms with van der Waals surface area (Å²) in [6, 6.07) is 38.5. The highest BCUT2D eigenvalue weighted by atomic mass is 16.5. The van der Waals surface area contributed by atoms with Gasteiger partial charge in [-0.25, -0.2) is 19.6 Å². The number of benzene rings is 4. The largest absolute Gasteiger partial charge is 0.457 e. The van der Waals surface area contributed by atoms with Crippen molar-refractivity contribution in [1.29, 1.82) is 0 Å². The lowest BCUT2D eigenvalue weighted by atomic mass is 10.1. The Morgan fingerprint density at radius 3 is 2.07 bits per heavy atom. The van der Waals surface area contributed by atoms with E-state index in [9.17, 15) is 0 Å². The van der Waals surface area contributed by atoms with E-state index in [0.29, 0.717) is 11.7 Å². The summed E-state index contributed by atoms with van der Waals surface area (Å²) in [6.07, 6.45) is 7.34. The summed E-state index contributed by atoms with van der Waals surface area (Å²) in [5, 5.41) is 8.35. The molecule has 0 saturated heterocycles. The number of ether oxygens (including phenoxy) is 1. The molecule has 44 heavy (non-hydrogen) atoms. The first-order valence-electron chi connectivity index (χ1n) is 14.3. The molecule has 8 nitrogen and oxygen atoms in total. The molecule has 9 aromatic rings. The van der Waals surface area contributed by atoms with Crippen molar-refractivity contribution in [3.63, 3.8) is 0 Å². The summed E-state index contributed by atoms with van der Waals surface area (Å²) >= 11 is 0. The third-order valence-electron chi connectivity index (χ3n) is 7.93. The molecule has 0 aliphatic heterocycles. The van der Waals surface area contributed by atoms with Crippen molar-refractivity contribution in [2.45, 2.75) is 0 Å². The third kappa shape index (κ3) is 3.78. The molecule has 5 heterocycles. The van der Waals surface area contributed by atoms with E-state index in [-0.39, 0.29) is 0 Å². The quantitative estimate of drug-likeness (QED) is 0.210. The normalized spacial score (nSPS) is 11.6. The first-order valence-corrected chi connectivity index (χ1v) is 14.3. The van der Waals surface area contributed by atoms with Crippen molar-refractivity contribution >= 4 is 43.7 Å². The van der Waals surface area contributed by atoms with E-state index in [2.05, 4.69) is 68.0 Å². The number of nitrogens with zero attached hydrogens (tertiary/aromatic N) is 7. The smallest absolute Gasteiger partial charge is 0.234 e. The van der Waals surface area contributed by atoms with Crippen molar-refractivity contribution < 1.29 is 4.74 Å². The summed E-state index contributed by atoms with van der Waals surface area (Å²) in [5.41, 5.74) is 5.84. The van der Waals surface area contributed by atoms with Crippen LogP contribution in [0.15, 0.2) is 140 Å². The molecule has 208 valence electrons. The minimum atomic E-state index is 0.605. The van der Waals surface area contributed by atoms with Gasteiger partial charge in [0.05, 0.1) is 34.0 Å². The van der Waals surface area contributed by atoms with Gasteiger partial charge in [-0.3, -0.25) is 9.13 Å². The average Bonchev–Trinajstić information content (AvgIpc) is 3.74. The summed E-state index contributed by atoms with van der Waals surface area (Å²) < 4.78 is 12.6. The maximum atomic E-state index is 6.45. The minimum Gasteiger partial charge on any atom is -0.457 e. The fourth-order valence-electron chi connectivity index (χ4n) is 6.05. The van der Waals surface area contributed by atoms with Crippen molar-refractivity contribution in [1.82, 2.24) is 33.9 Å². The molecule has 0 amide bonds. The number of hydrogen-bond donors (Lipinski definition) is 0. The van der Waals surface area contributed by atoms with E-state index in [1.807, 2.05) is 88.4 Å². The van der Waals surface area contributed by atoms with Crippen LogP contribution in [0.2, 0.25) is 0 Å². The molecule has 4 aromatic carbocycles. The van der Waals surface area contributed by atoms with Gasteiger partial charge in [0.2, 0.25) is 5.95 Å². The first-order chi connectivity index (χ1) is 21.8. The fraction of sp³-hybridized carbons (Fsp3) is 0. The summed E-state index contributed by atoms with van der Waals surface area (Å²) in [6.45, 7) is 0. The molecule has 0 N–H and O–H groups in total. The van der Waals surface area contributed by atoms with E-state index >= 15 is 0 Å². The second-order valence-electron chi connectivity index (χ2n) is 10.5. The third-order valence-corrected chi connectivity index (χ3v) is 7.93. The lowest BCUT2D eigenvalue weighted by Gasteiger charge is -2.10. The van der Waals surface area contributed by atoms with Gasteiger partial charge in [0.25, 0.3) is 0 Å². The highest BCUT2D eigenvalue weighted by molar-refractivity contribution is 6.09. The van der Waals surface area contributed by atoms with Crippen molar-refractivity contribution in [3.05, 3.63) is 140 Å². The predicted octanol–water partition coefficient (Wildman–Crippen LogP) is 8.04. The molecule has 0 fully saturated rings. The van der Waals surface area contributed by atoms with Gasteiger partial charge in [-0.1, -0.05) is 48.5 Å². The summed E-state index contributed by atoms with van der Waals surface area (Å²) in [5.74, 6) is 2.91. The van der Waals surface area contributed by atoms with Crippen LogP contribution < -0.4 is 4.74 Å². The number of rotatable bonds is 5. The van der Waals surface area contributed by atoms with E-state index in [0.717, 1.165) is 55.6 Å². The van der Waals surface area contributed by atoms with Crippen molar-refractivity contribution in [3.8, 4) is 29.0 Å². The van der Waals surface area contributed by atoms with Crippen LogP contribution in [0.3, 0.4) is 0 Å². The Labute approximate surface area is 251 Å². The molecule has 8 heteroatoms. The van der Waals surface area contributed by atoms with Crippen LogP contribution in [0.1, 0.15) is 0 Å². The van der Waals surface area contributed by atoms with Gasteiger partial charge >= 0.3 is 0 Å². The van der Waals surface area contributed by atoms with Crippen LogP contribution in [-0.2, 0) is 0 Å². The number of para-hydroxylation sites is 2. The topological polar surface area (TPSA) is 75.6 Å². The number of hydrogen-bond acceptors (Lipinski definition) is 5. The minimum absolute atomic E-state index is 0.605. The van der Waals surface area contributed by atoms with Gasteiger partial charge in [-0.15, -0.1) is 0 Å². The standard InChI is InChI=1S/C36H23N7O/c1-3-13-30-27(11-1)28-17-16-26(22-32(28)42(30)34-15-5-6-18-37-34)44-25-10-7-9-24(21-25)41-23-33-35(40-41)29-12-2-4-14-31(29)43(33)36-38-19-8-20-39-36/h1-23H. The molecular weight excluding hydrogens is 546 g/mol. The Kier molecular flexibility index (Phi) is 5.33. The number of aromatic nitrogens is 7.